The molecule has 58 heavy (non-hydrogen) atoms. The minimum atomic E-state index is -2.50. The number of carbonyl (C=O) groups excluding carboxylic acids is 4. The maximum atomic E-state index is 15.0. The number of unbranched alkanes of at least 4 members (excludes halogenated alkanes) is 2. The van der Waals surface area contributed by atoms with Gasteiger partial charge in [0.15, 0.2) is 22.9 Å². The highest BCUT2D eigenvalue weighted by Crippen LogP contribution is 2.57. The van der Waals surface area contributed by atoms with Crippen LogP contribution in [-0.2, 0) is 22.6 Å². The molecule has 1 fully saturated rings. The lowest BCUT2D eigenvalue weighted by Gasteiger charge is -2.49. The highest BCUT2D eigenvalue weighted by molar-refractivity contribution is 6.17. The number of carbonyl (C=O) groups is 4. The van der Waals surface area contributed by atoms with Crippen molar-refractivity contribution in [2.24, 2.45) is 11.8 Å². The standard InChI is InChI=1S/C43H52N4O11/c1-6-8-18-55-36-28(44-40(51)29-16-13-17-47(29)42(52)57-23-24-14-11-10-12-15-24)22-30(54-5)26-20-25-21-27-34(46(3)4)37-33(41(45-58-37)56-19-9-7-2)39(50)43(27,53)38(49)31(25)35(48)32(26)36/h10-12,14-15,22,25,27,29,34,49,53H,6-9,13,16-21,23H2,1-5H3,(H,44,51)/t25-,27-,29+,34-,43-/m0/s1. The topological polar surface area (TPSA) is 190 Å². The molecule has 0 saturated carbocycles. The Balaban J connectivity index is 1.25. The molecular formula is C43H52N4O11. The van der Waals surface area contributed by atoms with E-state index in [4.69, 9.17) is 23.5 Å². The average molecular weight is 801 g/mol. The Hall–Kier alpha value is -5.41. The molecule has 7 rings (SSSR count). The zero-order chi connectivity index (χ0) is 41.3. The molecule has 0 spiro atoms. The Labute approximate surface area is 337 Å². The molecule has 0 unspecified atom stereocenters. The van der Waals surface area contributed by atoms with Gasteiger partial charge in [-0.15, -0.1) is 0 Å². The third-order valence-electron chi connectivity index (χ3n) is 11.8. The fourth-order valence-electron chi connectivity index (χ4n) is 8.88. The lowest BCUT2D eigenvalue weighted by molar-refractivity contribution is -0.120. The van der Waals surface area contributed by atoms with Crippen LogP contribution in [0.1, 0.15) is 102 Å². The van der Waals surface area contributed by atoms with Gasteiger partial charge in [0.05, 0.1) is 37.6 Å². The van der Waals surface area contributed by atoms with Crippen molar-refractivity contribution in [3.05, 3.63) is 75.7 Å². The molecule has 3 aromatic rings. The van der Waals surface area contributed by atoms with Crippen LogP contribution in [0, 0.1) is 11.8 Å². The second-order valence-electron chi connectivity index (χ2n) is 15.7. The van der Waals surface area contributed by atoms with Crippen molar-refractivity contribution in [3.63, 3.8) is 0 Å². The highest BCUT2D eigenvalue weighted by Gasteiger charge is 2.64. The van der Waals surface area contributed by atoms with Gasteiger partial charge in [-0.25, -0.2) is 4.79 Å². The van der Waals surface area contributed by atoms with Crippen molar-refractivity contribution in [1.82, 2.24) is 15.0 Å². The fraction of sp³-hybridized carbons (Fsp3) is 0.512. The highest BCUT2D eigenvalue weighted by atomic mass is 16.6. The van der Waals surface area contributed by atoms with Crippen LogP contribution in [0.25, 0.3) is 0 Å². The van der Waals surface area contributed by atoms with Crippen molar-refractivity contribution in [2.45, 2.75) is 89.5 Å². The first-order valence-corrected chi connectivity index (χ1v) is 20.1. The number of aliphatic hydroxyl groups excluding tert-OH is 1. The first kappa shape index (κ1) is 40.8. The summed E-state index contributed by atoms with van der Waals surface area (Å²) in [6.45, 7) is 4.83. The van der Waals surface area contributed by atoms with Gasteiger partial charge in [0, 0.05) is 29.7 Å². The second-order valence-corrected chi connectivity index (χ2v) is 15.7. The number of ketones is 2. The normalized spacial score (nSPS) is 23.5. The SMILES string of the molecule is CCCCOc1noc2c1C(=O)[C@@]1(O)C(O)=C3C(=O)c4c(c(OC)cc(NC(=O)[C@H]5CCCN5C(=O)OCc5ccccc5)c4OCCCC)C[C@H]3C[C@H]1[C@@H]2N(C)C. The van der Waals surface area contributed by atoms with Crippen LogP contribution in [0.4, 0.5) is 10.5 Å². The van der Waals surface area contributed by atoms with Crippen LogP contribution in [0.3, 0.4) is 0 Å². The molecular weight excluding hydrogens is 748 g/mol. The van der Waals surface area contributed by atoms with E-state index in [1.165, 1.54) is 12.0 Å². The van der Waals surface area contributed by atoms with E-state index in [0.29, 0.717) is 43.5 Å². The van der Waals surface area contributed by atoms with Gasteiger partial charge in [0.25, 0.3) is 5.88 Å². The minimum Gasteiger partial charge on any atom is -0.508 e. The molecule has 15 heteroatoms. The Morgan fingerprint density at radius 3 is 2.48 bits per heavy atom. The Morgan fingerprint density at radius 1 is 1.07 bits per heavy atom. The lowest BCUT2D eigenvalue weighted by atomic mass is 9.58. The summed E-state index contributed by atoms with van der Waals surface area (Å²) < 4.78 is 29.3. The number of aliphatic hydroxyl groups is 2. The summed E-state index contributed by atoms with van der Waals surface area (Å²) >= 11 is 0. The van der Waals surface area contributed by atoms with Crippen molar-refractivity contribution >= 4 is 29.3 Å². The summed E-state index contributed by atoms with van der Waals surface area (Å²) in [5.41, 5.74) is -1.17. The summed E-state index contributed by atoms with van der Waals surface area (Å²) in [5.74, 6) is -3.77. The van der Waals surface area contributed by atoms with Crippen molar-refractivity contribution in [3.8, 4) is 17.4 Å². The molecule has 15 nitrogen and oxygen atoms in total. The fourth-order valence-corrected chi connectivity index (χ4v) is 8.88. The van der Waals surface area contributed by atoms with Gasteiger partial charge in [-0.05, 0) is 69.3 Å². The number of amides is 2. The molecule has 310 valence electrons. The third kappa shape index (κ3) is 7.08. The van der Waals surface area contributed by atoms with Crippen molar-refractivity contribution in [1.29, 1.82) is 0 Å². The van der Waals surface area contributed by atoms with E-state index in [2.05, 4.69) is 10.5 Å². The summed E-state index contributed by atoms with van der Waals surface area (Å²) in [5, 5.41) is 31.6. The van der Waals surface area contributed by atoms with E-state index in [1.807, 2.05) is 44.2 Å². The van der Waals surface area contributed by atoms with Gasteiger partial charge < -0.3 is 39.0 Å². The maximum absolute atomic E-state index is 15.0. The zero-order valence-electron chi connectivity index (χ0n) is 33.7. The number of anilines is 1. The van der Waals surface area contributed by atoms with Crippen molar-refractivity contribution in [2.75, 3.05) is 46.3 Å². The monoisotopic (exact) mass is 800 g/mol. The number of benzene rings is 2. The van der Waals surface area contributed by atoms with Crippen LogP contribution in [-0.4, -0.2) is 101 Å². The van der Waals surface area contributed by atoms with Crippen LogP contribution in [0.2, 0.25) is 0 Å². The number of hydrogen-bond donors (Lipinski definition) is 3. The molecule has 4 aliphatic rings. The van der Waals surface area contributed by atoms with E-state index in [-0.39, 0.29) is 72.4 Å². The van der Waals surface area contributed by atoms with Crippen LogP contribution < -0.4 is 19.5 Å². The lowest BCUT2D eigenvalue weighted by Crippen LogP contribution is -2.59. The van der Waals surface area contributed by atoms with Gasteiger partial charge in [-0.1, -0.05) is 57.0 Å². The number of Topliss-reactive ketones (excluding diaryl/α,β-unsaturated/α-hetero) is 2. The molecule has 3 N–H and O–H groups in total. The van der Waals surface area contributed by atoms with E-state index in [9.17, 15) is 29.4 Å². The molecule has 2 heterocycles. The number of methoxy groups -OCH3 is 1. The smallest absolute Gasteiger partial charge is 0.410 e. The quantitative estimate of drug-likeness (QED) is 0.157. The number of likely N-dealkylation sites (tertiary alicyclic amines) is 1. The Morgan fingerprint density at radius 2 is 1.79 bits per heavy atom. The maximum Gasteiger partial charge on any atom is 0.410 e. The van der Waals surface area contributed by atoms with Gasteiger partial charge in [-0.3, -0.25) is 24.2 Å². The largest absolute Gasteiger partial charge is 0.508 e. The number of nitrogens with one attached hydrogen (secondary N) is 1. The number of aromatic nitrogens is 1. The molecule has 3 aliphatic carbocycles. The van der Waals surface area contributed by atoms with Gasteiger partial charge in [-0.2, -0.15) is 0 Å². The van der Waals surface area contributed by atoms with E-state index in [1.54, 1.807) is 25.1 Å². The summed E-state index contributed by atoms with van der Waals surface area (Å²) in [7, 11) is 5.01. The Bertz CT molecular complexity index is 2100. The van der Waals surface area contributed by atoms with Gasteiger partial charge >= 0.3 is 6.09 Å². The number of fused-ring (bicyclic) bond motifs is 4. The van der Waals surface area contributed by atoms with Gasteiger partial charge in [0.1, 0.15) is 29.7 Å². The zero-order valence-corrected chi connectivity index (χ0v) is 33.7. The van der Waals surface area contributed by atoms with E-state index >= 15 is 0 Å². The van der Waals surface area contributed by atoms with Crippen LogP contribution >= 0.6 is 0 Å². The number of nitrogens with zero attached hydrogens (tertiary/aromatic N) is 3. The molecule has 1 aromatic heterocycles. The Kier molecular flexibility index (Phi) is 11.8. The predicted molar refractivity (Wildman–Crippen MR) is 210 cm³/mol. The summed E-state index contributed by atoms with van der Waals surface area (Å²) in [4.78, 5) is 59.8. The molecule has 2 aromatic carbocycles. The van der Waals surface area contributed by atoms with E-state index < -0.39 is 58.8 Å². The van der Waals surface area contributed by atoms with E-state index in [0.717, 1.165) is 18.4 Å². The molecule has 2 amide bonds. The van der Waals surface area contributed by atoms with Gasteiger partial charge in [0.2, 0.25) is 11.7 Å². The number of ether oxygens (including phenoxy) is 4. The third-order valence-corrected chi connectivity index (χ3v) is 11.8. The van der Waals surface area contributed by atoms with Crippen molar-refractivity contribution < 1.29 is 52.9 Å². The first-order valence-electron chi connectivity index (χ1n) is 20.1. The molecule has 1 aliphatic heterocycles. The molecule has 0 bridgehead atoms. The molecule has 0 radical (unpaired) electrons. The predicted octanol–water partition coefficient (Wildman–Crippen LogP) is 6.20. The summed E-state index contributed by atoms with van der Waals surface area (Å²) in [6, 6.07) is 9.31. The molecule has 5 atom stereocenters. The second kappa shape index (κ2) is 16.8. The minimum absolute atomic E-state index is 0.0535. The average Bonchev–Trinajstić information content (AvgIpc) is 3.88. The van der Waals surface area contributed by atoms with Crippen LogP contribution in [0.15, 0.2) is 52.3 Å². The first-order chi connectivity index (χ1) is 28.0. The number of allylic oxidation sites excluding steroid dienone is 1. The number of hydrogen-bond acceptors (Lipinski definition) is 13. The summed E-state index contributed by atoms with van der Waals surface area (Å²) in [6.07, 6.45) is 3.63. The molecule has 1 saturated heterocycles. The number of rotatable bonds is 14. The van der Waals surface area contributed by atoms with Crippen LogP contribution in [0.5, 0.6) is 17.4 Å².